The Bertz CT molecular complexity index is 1090. The van der Waals surface area contributed by atoms with Gasteiger partial charge < -0.3 is 4.98 Å². The van der Waals surface area contributed by atoms with Gasteiger partial charge in [0.25, 0.3) is 0 Å². The van der Waals surface area contributed by atoms with Crippen LogP contribution in [-0.2, 0) is 23.0 Å². The number of aryl methyl sites for hydroxylation is 1. The minimum absolute atomic E-state index is 0.0703. The predicted molar refractivity (Wildman–Crippen MR) is 90.7 cm³/mol. The molecule has 1 aliphatic rings. The van der Waals surface area contributed by atoms with Crippen molar-refractivity contribution < 1.29 is 17.2 Å². The summed E-state index contributed by atoms with van der Waals surface area (Å²) in [6, 6.07) is 8.24. The Morgan fingerprint density at radius 3 is 2.68 bits per heavy atom. The van der Waals surface area contributed by atoms with E-state index in [9.17, 15) is 17.2 Å². The first-order chi connectivity index (χ1) is 11.9. The maximum Gasteiger partial charge on any atom is 0.243 e. The third kappa shape index (κ3) is 2.63. The second-order valence-corrected chi connectivity index (χ2v) is 8.21. The first-order valence-electron chi connectivity index (χ1n) is 7.91. The van der Waals surface area contributed by atoms with Gasteiger partial charge in [0.15, 0.2) is 0 Å². The predicted octanol–water partition coefficient (Wildman–Crippen LogP) is 3.50. The van der Waals surface area contributed by atoms with E-state index in [1.807, 2.05) is 0 Å². The van der Waals surface area contributed by atoms with Gasteiger partial charge in [-0.15, -0.1) is 0 Å². The van der Waals surface area contributed by atoms with Crippen LogP contribution in [0, 0.1) is 18.6 Å². The molecule has 0 fully saturated rings. The van der Waals surface area contributed by atoms with E-state index in [4.69, 9.17) is 0 Å². The number of fused-ring (bicyclic) bond motifs is 3. The van der Waals surface area contributed by atoms with E-state index in [2.05, 4.69) is 4.98 Å². The summed E-state index contributed by atoms with van der Waals surface area (Å²) in [5.74, 6) is -0.796. The molecule has 0 aliphatic carbocycles. The number of benzene rings is 2. The van der Waals surface area contributed by atoms with Crippen LogP contribution in [0.2, 0.25) is 0 Å². The Hall–Kier alpha value is -2.25. The summed E-state index contributed by atoms with van der Waals surface area (Å²) in [4.78, 5) is 3.30. The molecular weight excluding hydrogens is 346 g/mol. The van der Waals surface area contributed by atoms with Crippen LogP contribution in [0.1, 0.15) is 16.8 Å². The number of nitrogens with one attached hydrogen (secondary N) is 1. The van der Waals surface area contributed by atoms with Gasteiger partial charge in [-0.05, 0) is 54.4 Å². The lowest BCUT2D eigenvalue weighted by Crippen LogP contribution is -2.35. The van der Waals surface area contributed by atoms with E-state index < -0.39 is 15.8 Å². The molecule has 0 spiro atoms. The summed E-state index contributed by atoms with van der Waals surface area (Å²) in [5, 5.41) is 0.699. The first-order valence-corrected chi connectivity index (χ1v) is 9.35. The highest BCUT2D eigenvalue weighted by molar-refractivity contribution is 7.89. The number of rotatable bonds is 2. The average molecular weight is 362 g/mol. The summed E-state index contributed by atoms with van der Waals surface area (Å²) in [5.41, 5.74) is 2.81. The molecule has 0 saturated carbocycles. The number of aromatic amines is 1. The third-order valence-electron chi connectivity index (χ3n) is 4.67. The van der Waals surface area contributed by atoms with Crippen molar-refractivity contribution in [2.45, 2.75) is 24.8 Å². The summed E-state index contributed by atoms with van der Waals surface area (Å²) < 4.78 is 54.2. The molecular formula is C18H16F2N2O2S. The van der Waals surface area contributed by atoms with Gasteiger partial charge in [-0.2, -0.15) is 4.31 Å². The quantitative estimate of drug-likeness (QED) is 0.759. The third-order valence-corrected chi connectivity index (χ3v) is 6.51. The zero-order chi connectivity index (χ0) is 17.8. The van der Waals surface area contributed by atoms with Crippen LogP contribution >= 0.6 is 0 Å². The molecule has 0 amide bonds. The normalized spacial score (nSPS) is 15.5. The van der Waals surface area contributed by atoms with E-state index in [0.717, 1.165) is 16.8 Å². The van der Waals surface area contributed by atoms with Crippen molar-refractivity contribution in [3.05, 3.63) is 64.9 Å². The van der Waals surface area contributed by atoms with Crippen LogP contribution in [0.25, 0.3) is 10.9 Å². The van der Waals surface area contributed by atoms with Crippen LogP contribution in [-0.4, -0.2) is 24.3 Å². The Kier molecular flexibility index (Phi) is 3.66. The van der Waals surface area contributed by atoms with Gasteiger partial charge in [-0.25, -0.2) is 17.2 Å². The van der Waals surface area contributed by atoms with Gasteiger partial charge >= 0.3 is 0 Å². The number of nitrogens with zero attached hydrogens (tertiary/aromatic N) is 1. The summed E-state index contributed by atoms with van der Waals surface area (Å²) in [7, 11) is -3.74. The van der Waals surface area contributed by atoms with Crippen LogP contribution in [0.15, 0.2) is 41.3 Å². The summed E-state index contributed by atoms with van der Waals surface area (Å²) in [6.07, 6.45) is 0.519. The molecule has 25 heavy (non-hydrogen) atoms. The molecule has 2 aromatic carbocycles. The van der Waals surface area contributed by atoms with Gasteiger partial charge in [-0.1, -0.05) is 0 Å². The molecule has 7 heteroatoms. The van der Waals surface area contributed by atoms with Crippen molar-refractivity contribution in [2.24, 2.45) is 0 Å². The van der Waals surface area contributed by atoms with Crippen molar-refractivity contribution in [1.82, 2.24) is 9.29 Å². The fourth-order valence-electron chi connectivity index (χ4n) is 3.29. The van der Waals surface area contributed by atoms with Crippen molar-refractivity contribution >= 4 is 20.9 Å². The molecule has 0 atom stereocenters. The molecule has 1 N–H and O–H groups in total. The lowest BCUT2D eigenvalue weighted by Gasteiger charge is -2.26. The molecule has 0 saturated heterocycles. The second kappa shape index (κ2) is 5.64. The molecule has 1 aliphatic heterocycles. The molecule has 4 nitrogen and oxygen atoms in total. The number of hydrogen-bond donors (Lipinski definition) is 1. The Balaban J connectivity index is 1.75. The maximum absolute atomic E-state index is 13.6. The topological polar surface area (TPSA) is 53.2 Å². The minimum atomic E-state index is -3.74. The molecule has 0 unspecified atom stereocenters. The zero-order valence-corrected chi connectivity index (χ0v) is 14.3. The van der Waals surface area contributed by atoms with E-state index in [1.54, 1.807) is 6.07 Å². The first kappa shape index (κ1) is 16.2. The van der Waals surface area contributed by atoms with Crippen LogP contribution in [0.5, 0.6) is 0 Å². The van der Waals surface area contributed by atoms with Gasteiger partial charge in [0, 0.05) is 36.1 Å². The maximum atomic E-state index is 13.6. The van der Waals surface area contributed by atoms with Gasteiger partial charge in [-0.3, -0.25) is 0 Å². The molecule has 1 aromatic heterocycles. The summed E-state index contributed by atoms with van der Waals surface area (Å²) in [6.45, 7) is 2.02. The Labute approximate surface area is 144 Å². The fraction of sp³-hybridized carbons (Fsp3) is 0.222. The molecule has 0 bridgehead atoms. The van der Waals surface area contributed by atoms with E-state index in [-0.39, 0.29) is 22.8 Å². The number of halogens is 2. The van der Waals surface area contributed by atoms with Crippen molar-refractivity contribution in [3.8, 4) is 0 Å². The lowest BCUT2D eigenvalue weighted by molar-refractivity contribution is 0.391. The van der Waals surface area contributed by atoms with E-state index in [0.29, 0.717) is 18.4 Å². The van der Waals surface area contributed by atoms with Crippen molar-refractivity contribution in [1.29, 1.82) is 0 Å². The summed E-state index contributed by atoms with van der Waals surface area (Å²) >= 11 is 0. The van der Waals surface area contributed by atoms with Gasteiger partial charge in [0.05, 0.1) is 4.90 Å². The fourth-order valence-corrected chi connectivity index (χ4v) is 4.79. The average Bonchev–Trinajstić information content (AvgIpc) is 2.94. The number of H-pyrrole nitrogens is 1. The highest BCUT2D eigenvalue weighted by atomic mass is 32.2. The number of hydrogen-bond acceptors (Lipinski definition) is 2. The Morgan fingerprint density at radius 2 is 1.92 bits per heavy atom. The van der Waals surface area contributed by atoms with Crippen molar-refractivity contribution in [3.63, 3.8) is 0 Å². The van der Waals surface area contributed by atoms with Gasteiger partial charge in [0.1, 0.15) is 11.6 Å². The standard InChI is InChI=1S/C18H16F2N2O2S/c1-11-8-13(3-4-16(11)20)25(23,24)22-7-6-18-15(10-22)14-9-12(19)2-5-17(14)21-18/h2-5,8-9,21H,6-7,10H2,1H3. The van der Waals surface area contributed by atoms with Crippen LogP contribution < -0.4 is 0 Å². The van der Waals surface area contributed by atoms with Gasteiger partial charge in [0.2, 0.25) is 10.0 Å². The molecule has 130 valence electrons. The largest absolute Gasteiger partial charge is 0.358 e. The highest BCUT2D eigenvalue weighted by Gasteiger charge is 2.30. The second-order valence-electron chi connectivity index (χ2n) is 6.27. The molecule has 4 rings (SSSR count). The minimum Gasteiger partial charge on any atom is -0.358 e. The smallest absolute Gasteiger partial charge is 0.243 e. The molecule has 2 heterocycles. The number of aromatic nitrogens is 1. The van der Waals surface area contributed by atoms with Crippen LogP contribution in [0.3, 0.4) is 0 Å². The van der Waals surface area contributed by atoms with E-state index >= 15 is 0 Å². The Morgan fingerprint density at radius 1 is 1.12 bits per heavy atom. The van der Waals surface area contributed by atoms with E-state index in [1.165, 1.54) is 41.6 Å². The number of sulfonamides is 1. The highest BCUT2D eigenvalue weighted by Crippen LogP contribution is 2.31. The van der Waals surface area contributed by atoms with Crippen molar-refractivity contribution in [2.75, 3.05) is 6.54 Å². The lowest BCUT2D eigenvalue weighted by atomic mass is 10.1. The SMILES string of the molecule is Cc1cc(S(=O)(=O)N2CCc3[nH]c4ccc(F)cc4c3C2)ccc1F. The zero-order valence-electron chi connectivity index (χ0n) is 13.5. The van der Waals surface area contributed by atoms with Crippen LogP contribution in [0.4, 0.5) is 8.78 Å². The molecule has 3 aromatic rings. The molecule has 0 radical (unpaired) electrons. The monoisotopic (exact) mass is 362 g/mol.